The van der Waals surface area contributed by atoms with E-state index in [9.17, 15) is 14.4 Å². The fourth-order valence-corrected chi connectivity index (χ4v) is 1.80. The number of hydrogen-bond acceptors (Lipinski definition) is 5. The number of aliphatic carboxylic acids is 1. The molecule has 1 aliphatic rings. The molecule has 1 saturated heterocycles. The van der Waals surface area contributed by atoms with Crippen LogP contribution in [0.15, 0.2) is 0 Å². The highest BCUT2D eigenvalue weighted by Crippen LogP contribution is 2.08. The number of esters is 1. The summed E-state index contributed by atoms with van der Waals surface area (Å²) in [6.45, 7) is 2.79. The lowest BCUT2D eigenvalue weighted by molar-refractivity contribution is -0.154. The molecule has 1 rings (SSSR count). The minimum Gasteiger partial charge on any atom is -0.479 e. The average molecular weight is 288 g/mol. The van der Waals surface area contributed by atoms with E-state index in [1.54, 1.807) is 14.0 Å². The molecule has 8 heteroatoms. The van der Waals surface area contributed by atoms with E-state index in [2.05, 4.69) is 0 Å². The van der Waals surface area contributed by atoms with E-state index in [0.717, 1.165) is 0 Å². The van der Waals surface area contributed by atoms with Crippen LogP contribution in [-0.2, 0) is 19.1 Å². The smallest absolute Gasteiger partial charge is 0.334 e. The lowest BCUT2D eigenvalue weighted by atomic mass is 10.3. The summed E-state index contributed by atoms with van der Waals surface area (Å²) >= 11 is 0. The Hall–Kier alpha value is -1.83. The number of amides is 2. The second-order valence-electron chi connectivity index (χ2n) is 4.40. The van der Waals surface area contributed by atoms with E-state index in [-0.39, 0.29) is 38.1 Å². The van der Waals surface area contributed by atoms with Gasteiger partial charge in [0.25, 0.3) is 0 Å². The van der Waals surface area contributed by atoms with Crippen LogP contribution >= 0.6 is 0 Å². The Labute approximate surface area is 117 Å². The first-order chi connectivity index (χ1) is 9.45. The molecule has 0 aromatic rings. The molecule has 2 amide bonds. The Kier molecular flexibility index (Phi) is 6.23. The lowest BCUT2D eigenvalue weighted by Crippen LogP contribution is -2.52. The molecule has 0 saturated carbocycles. The molecule has 1 N–H and O–H groups in total. The fourth-order valence-electron chi connectivity index (χ4n) is 1.80. The molecule has 0 aromatic heterocycles. The summed E-state index contributed by atoms with van der Waals surface area (Å²) in [6.07, 6.45) is -0.880. The van der Waals surface area contributed by atoms with Gasteiger partial charge >= 0.3 is 18.0 Å². The quantitative estimate of drug-likeness (QED) is 0.702. The molecule has 0 radical (unpaired) electrons. The number of morpholine rings is 1. The number of carboxylic acids is 1. The fraction of sp³-hybridized carbons (Fsp3) is 0.750. The van der Waals surface area contributed by atoms with E-state index < -0.39 is 12.1 Å². The third-order valence-electron chi connectivity index (χ3n) is 2.90. The summed E-state index contributed by atoms with van der Waals surface area (Å²) in [4.78, 5) is 36.9. The number of ether oxygens (including phenoxy) is 2. The van der Waals surface area contributed by atoms with Gasteiger partial charge in [0.05, 0.1) is 26.2 Å². The van der Waals surface area contributed by atoms with Crippen LogP contribution < -0.4 is 0 Å². The number of urea groups is 1. The van der Waals surface area contributed by atoms with Gasteiger partial charge in [-0.2, -0.15) is 0 Å². The van der Waals surface area contributed by atoms with Crippen molar-refractivity contribution in [3.63, 3.8) is 0 Å². The molecule has 0 aliphatic carbocycles. The molecule has 1 aliphatic heterocycles. The Morgan fingerprint density at radius 3 is 2.75 bits per heavy atom. The van der Waals surface area contributed by atoms with Gasteiger partial charge in [0, 0.05) is 20.1 Å². The van der Waals surface area contributed by atoms with Crippen LogP contribution in [0.2, 0.25) is 0 Å². The van der Waals surface area contributed by atoms with E-state index in [0.29, 0.717) is 13.2 Å². The summed E-state index contributed by atoms with van der Waals surface area (Å²) < 4.78 is 9.82. The van der Waals surface area contributed by atoms with Gasteiger partial charge in [-0.05, 0) is 6.92 Å². The first-order valence-corrected chi connectivity index (χ1v) is 6.45. The third kappa shape index (κ3) is 4.69. The maximum absolute atomic E-state index is 12.1. The minimum absolute atomic E-state index is 0.0118. The zero-order valence-corrected chi connectivity index (χ0v) is 11.7. The van der Waals surface area contributed by atoms with Crippen LogP contribution in [-0.4, -0.2) is 78.9 Å². The zero-order chi connectivity index (χ0) is 15.1. The molecule has 0 bridgehead atoms. The molecule has 1 heterocycles. The van der Waals surface area contributed by atoms with Crippen molar-refractivity contribution < 1.29 is 29.0 Å². The topological polar surface area (TPSA) is 96.4 Å². The standard InChI is InChI=1S/C12H20N2O6/c1-3-19-10(15)4-5-13(2)12(18)14-6-7-20-9(8-14)11(16)17/h9H,3-8H2,1-2H3,(H,16,17). The zero-order valence-electron chi connectivity index (χ0n) is 11.7. The minimum atomic E-state index is -1.09. The molecular weight excluding hydrogens is 268 g/mol. The average Bonchev–Trinajstić information content (AvgIpc) is 2.44. The van der Waals surface area contributed by atoms with Crippen LogP contribution in [0, 0.1) is 0 Å². The van der Waals surface area contributed by atoms with Crippen molar-refractivity contribution in [2.75, 3.05) is 39.9 Å². The van der Waals surface area contributed by atoms with Gasteiger partial charge in [0.15, 0.2) is 6.10 Å². The molecule has 0 aromatic carbocycles. The Morgan fingerprint density at radius 1 is 1.45 bits per heavy atom. The van der Waals surface area contributed by atoms with E-state index >= 15 is 0 Å². The van der Waals surface area contributed by atoms with Crippen LogP contribution in [0.1, 0.15) is 13.3 Å². The highest BCUT2D eigenvalue weighted by Gasteiger charge is 2.30. The van der Waals surface area contributed by atoms with Gasteiger partial charge in [-0.15, -0.1) is 0 Å². The van der Waals surface area contributed by atoms with Crippen molar-refractivity contribution in [3.05, 3.63) is 0 Å². The second-order valence-corrected chi connectivity index (χ2v) is 4.40. The van der Waals surface area contributed by atoms with Crippen LogP contribution in [0.3, 0.4) is 0 Å². The molecule has 1 atom stereocenters. The van der Waals surface area contributed by atoms with Crippen LogP contribution in [0.5, 0.6) is 0 Å². The highest BCUT2D eigenvalue weighted by atomic mass is 16.5. The van der Waals surface area contributed by atoms with Gasteiger partial charge in [-0.1, -0.05) is 0 Å². The number of carbonyl (C=O) groups excluding carboxylic acids is 2. The lowest BCUT2D eigenvalue weighted by Gasteiger charge is -2.33. The predicted octanol–water partition coefficient (Wildman–Crippen LogP) is -0.223. The number of carboxylic acid groups (broad SMARTS) is 1. The largest absolute Gasteiger partial charge is 0.479 e. The summed E-state index contributed by atoms with van der Waals surface area (Å²) in [7, 11) is 1.56. The first kappa shape index (κ1) is 16.2. The van der Waals surface area contributed by atoms with Crippen molar-refractivity contribution >= 4 is 18.0 Å². The SMILES string of the molecule is CCOC(=O)CCN(C)C(=O)N1CCOC(C(=O)O)C1. The second kappa shape index (κ2) is 7.68. The van der Waals surface area contributed by atoms with Gasteiger partial charge in [0.2, 0.25) is 0 Å². The van der Waals surface area contributed by atoms with Gasteiger partial charge in [0.1, 0.15) is 0 Å². The predicted molar refractivity (Wildman–Crippen MR) is 68.2 cm³/mol. The van der Waals surface area contributed by atoms with Gasteiger partial charge < -0.3 is 24.4 Å². The summed E-state index contributed by atoms with van der Waals surface area (Å²) in [5.41, 5.74) is 0. The normalized spacial score (nSPS) is 18.5. The van der Waals surface area contributed by atoms with Crippen LogP contribution in [0.4, 0.5) is 4.79 Å². The molecule has 1 fully saturated rings. The Bertz CT molecular complexity index is 373. The van der Waals surface area contributed by atoms with Crippen molar-refractivity contribution in [2.24, 2.45) is 0 Å². The van der Waals surface area contributed by atoms with Crippen molar-refractivity contribution in [1.29, 1.82) is 0 Å². The molecule has 114 valence electrons. The van der Waals surface area contributed by atoms with E-state index in [4.69, 9.17) is 14.6 Å². The van der Waals surface area contributed by atoms with Crippen LogP contribution in [0.25, 0.3) is 0 Å². The molecule has 8 nitrogen and oxygen atoms in total. The summed E-state index contributed by atoms with van der Waals surface area (Å²) in [6, 6.07) is -0.316. The first-order valence-electron chi connectivity index (χ1n) is 6.45. The van der Waals surface area contributed by atoms with Crippen molar-refractivity contribution in [2.45, 2.75) is 19.4 Å². The number of hydrogen-bond donors (Lipinski definition) is 1. The number of carbonyl (C=O) groups is 3. The number of rotatable bonds is 5. The van der Waals surface area contributed by atoms with E-state index in [1.165, 1.54) is 9.80 Å². The monoisotopic (exact) mass is 288 g/mol. The Balaban J connectivity index is 2.43. The Morgan fingerprint density at radius 2 is 2.15 bits per heavy atom. The van der Waals surface area contributed by atoms with Gasteiger partial charge in [-0.3, -0.25) is 4.79 Å². The highest BCUT2D eigenvalue weighted by molar-refractivity contribution is 5.78. The summed E-state index contributed by atoms with van der Waals surface area (Å²) in [5.74, 6) is -1.45. The summed E-state index contributed by atoms with van der Waals surface area (Å²) in [5, 5.41) is 8.87. The molecule has 20 heavy (non-hydrogen) atoms. The number of nitrogens with zero attached hydrogens (tertiary/aromatic N) is 2. The maximum Gasteiger partial charge on any atom is 0.334 e. The third-order valence-corrected chi connectivity index (χ3v) is 2.90. The maximum atomic E-state index is 12.1. The van der Waals surface area contributed by atoms with Crippen molar-refractivity contribution in [1.82, 2.24) is 9.80 Å². The molecular formula is C12H20N2O6. The molecule has 0 spiro atoms. The van der Waals surface area contributed by atoms with Gasteiger partial charge in [-0.25, -0.2) is 9.59 Å². The van der Waals surface area contributed by atoms with Crippen molar-refractivity contribution in [3.8, 4) is 0 Å². The molecule has 1 unspecified atom stereocenters. The van der Waals surface area contributed by atoms with E-state index in [1.807, 2.05) is 0 Å².